The summed E-state index contributed by atoms with van der Waals surface area (Å²) in [7, 11) is 1.90. The van der Waals surface area contributed by atoms with Gasteiger partial charge in [-0.1, -0.05) is 6.07 Å². The van der Waals surface area contributed by atoms with Gasteiger partial charge in [0.05, 0.1) is 5.39 Å². The van der Waals surface area contributed by atoms with Gasteiger partial charge < -0.3 is 9.73 Å². The van der Waals surface area contributed by atoms with Crippen molar-refractivity contribution in [1.82, 2.24) is 5.32 Å². The van der Waals surface area contributed by atoms with Crippen molar-refractivity contribution in [3.8, 4) is 0 Å². The molecule has 1 unspecified atom stereocenters. The molecule has 2 nitrogen and oxygen atoms in total. The Bertz CT molecular complexity index is 464. The molecule has 0 aliphatic carbocycles. The Labute approximate surface area is 88.1 Å². The second kappa shape index (κ2) is 4.03. The number of furan rings is 1. The highest BCUT2D eigenvalue weighted by Gasteiger charge is 2.09. The van der Waals surface area contributed by atoms with Crippen molar-refractivity contribution >= 4 is 11.0 Å². The Morgan fingerprint density at radius 2 is 2.27 bits per heavy atom. The molecule has 80 valence electrons. The Morgan fingerprint density at radius 3 is 2.93 bits per heavy atom. The highest BCUT2D eigenvalue weighted by atomic mass is 19.1. The largest absolute Gasteiger partial charge is 0.461 e. The van der Waals surface area contributed by atoms with E-state index in [4.69, 9.17) is 4.42 Å². The van der Waals surface area contributed by atoms with Crippen molar-refractivity contribution in [1.29, 1.82) is 0 Å². The van der Waals surface area contributed by atoms with Gasteiger partial charge in [-0.2, -0.15) is 0 Å². The van der Waals surface area contributed by atoms with Crippen molar-refractivity contribution < 1.29 is 8.81 Å². The van der Waals surface area contributed by atoms with Crippen LogP contribution < -0.4 is 5.32 Å². The highest BCUT2D eigenvalue weighted by Crippen LogP contribution is 2.22. The highest BCUT2D eigenvalue weighted by molar-refractivity contribution is 5.78. The number of hydrogen-bond acceptors (Lipinski definition) is 2. The van der Waals surface area contributed by atoms with E-state index in [0.29, 0.717) is 17.0 Å². The lowest BCUT2D eigenvalue weighted by Crippen LogP contribution is -2.23. The number of benzene rings is 1. The molecule has 0 aliphatic heterocycles. The standard InChI is InChI=1S/C12H14FNO/c1-8(14-2)6-9-7-10-11(13)4-3-5-12(10)15-9/h3-5,7-8,14H,6H2,1-2H3. The Balaban J connectivity index is 2.35. The van der Waals surface area contributed by atoms with Crippen LogP contribution in [0, 0.1) is 5.82 Å². The van der Waals surface area contributed by atoms with E-state index in [1.54, 1.807) is 18.2 Å². The minimum absolute atomic E-state index is 0.223. The van der Waals surface area contributed by atoms with Crippen LogP contribution in [0.3, 0.4) is 0 Å². The van der Waals surface area contributed by atoms with Crippen molar-refractivity contribution in [3.63, 3.8) is 0 Å². The first-order valence-electron chi connectivity index (χ1n) is 5.05. The first-order chi connectivity index (χ1) is 7.20. The Kier molecular flexibility index (Phi) is 2.73. The first kappa shape index (κ1) is 10.2. The number of halogens is 1. The van der Waals surface area contributed by atoms with Gasteiger partial charge in [0, 0.05) is 12.5 Å². The van der Waals surface area contributed by atoms with E-state index in [2.05, 4.69) is 12.2 Å². The predicted octanol–water partition coefficient (Wildman–Crippen LogP) is 2.72. The fourth-order valence-electron chi connectivity index (χ4n) is 1.58. The minimum Gasteiger partial charge on any atom is -0.461 e. The fourth-order valence-corrected chi connectivity index (χ4v) is 1.58. The first-order valence-corrected chi connectivity index (χ1v) is 5.05. The normalized spacial score (nSPS) is 13.3. The molecule has 0 spiro atoms. The van der Waals surface area contributed by atoms with E-state index in [0.717, 1.165) is 12.2 Å². The molecule has 1 aromatic heterocycles. The van der Waals surface area contributed by atoms with Crippen molar-refractivity contribution in [2.75, 3.05) is 7.05 Å². The van der Waals surface area contributed by atoms with Gasteiger partial charge in [-0.25, -0.2) is 4.39 Å². The predicted molar refractivity (Wildman–Crippen MR) is 58.4 cm³/mol. The number of nitrogens with one attached hydrogen (secondary N) is 1. The smallest absolute Gasteiger partial charge is 0.137 e. The summed E-state index contributed by atoms with van der Waals surface area (Å²) in [5, 5.41) is 3.68. The van der Waals surface area contributed by atoms with Crippen molar-refractivity contribution in [2.45, 2.75) is 19.4 Å². The summed E-state index contributed by atoms with van der Waals surface area (Å²) in [6, 6.07) is 6.99. The van der Waals surface area contributed by atoms with Crippen LogP contribution in [0.25, 0.3) is 11.0 Å². The molecule has 0 aliphatic rings. The lowest BCUT2D eigenvalue weighted by molar-refractivity contribution is 0.497. The molecule has 1 N–H and O–H groups in total. The molecule has 1 atom stereocenters. The Morgan fingerprint density at radius 1 is 1.47 bits per heavy atom. The van der Waals surface area contributed by atoms with Crippen molar-refractivity contribution in [3.05, 3.63) is 35.8 Å². The Hall–Kier alpha value is -1.35. The van der Waals surface area contributed by atoms with Gasteiger partial charge in [0.15, 0.2) is 0 Å². The average molecular weight is 207 g/mol. The number of fused-ring (bicyclic) bond motifs is 1. The van der Waals surface area contributed by atoms with Crippen LogP contribution in [0.1, 0.15) is 12.7 Å². The van der Waals surface area contributed by atoms with E-state index in [9.17, 15) is 4.39 Å². The second-order valence-electron chi connectivity index (χ2n) is 3.76. The summed E-state index contributed by atoms with van der Waals surface area (Å²) in [5.74, 6) is 0.594. The monoisotopic (exact) mass is 207 g/mol. The zero-order valence-electron chi connectivity index (χ0n) is 8.88. The van der Waals surface area contributed by atoms with Crippen LogP contribution in [0.2, 0.25) is 0 Å². The molecule has 1 heterocycles. The van der Waals surface area contributed by atoms with Crippen LogP contribution in [0.15, 0.2) is 28.7 Å². The van der Waals surface area contributed by atoms with E-state index in [1.807, 2.05) is 7.05 Å². The van der Waals surface area contributed by atoms with Gasteiger partial charge in [-0.3, -0.25) is 0 Å². The van der Waals surface area contributed by atoms with Gasteiger partial charge >= 0.3 is 0 Å². The molecule has 0 saturated heterocycles. The number of likely N-dealkylation sites (N-methyl/N-ethyl adjacent to an activating group) is 1. The SMILES string of the molecule is CNC(C)Cc1cc2c(F)cccc2o1. The molecule has 15 heavy (non-hydrogen) atoms. The summed E-state index contributed by atoms with van der Waals surface area (Å²) in [4.78, 5) is 0. The molecular weight excluding hydrogens is 193 g/mol. The summed E-state index contributed by atoms with van der Waals surface area (Å²) in [6.45, 7) is 2.06. The maximum absolute atomic E-state index is 13.3. The maximum atomic E-state index is 13.3. The van der Waals surface area contributed by atoms with Crippen LogP contribution >= 0.6 is 0 Å². The van der Waals surface area contributed by atoms with Gasteiger partial charge in [0.25, 0.3) is 0 Å². The molecule has 2 rings (SSSR count). The lowest BCUT2D eigenvalue weighted by atomic mass is 10.2. The molecule has 0 fully saturated rings. The molecular formula is C12H14FNO. The number of hydrogen-bond donors (Lipinski definition) is 1. The minimum atomic E-state index is -0.223. The number of rotatable bonds is 3. The second-order valence-corrected chi connectivity index (χ2v) is 3.76. The molecule has 0 radical (unpaired) electrons. The topological polar surface area (TPSA) is 25.2 Å². The molecule has 3 heteroatoms. The third-order valence-electron chi connectivity index (χ3n) is 2.56. The zero-order chi connectivity index (χ0) is 10.8. The van der Waals surface area contributed by atoms with Crippen LogP contribution in [-0.4, -0.2) is 13.1 Å². The lowest BCUT2D eigenvalue weighted by Gasteiger charge is -2.06. The zero-order valence-corrected chi connectivity index (χ0v) is 8.88. The molecule has 1 aromatic carbocycles. The average Bonchev–Trinajstić information content (AvgIpc) is 2.62. The molecule has 0 saturated carbocycles. The van der Waals surface area contributed by atoms with E-state index < -0.39 is 0 Å². The van der Waals surface area contributed by atoms with Crippen LogP contribution in [0.5, 0.6) is 0 Å². The molecule has 0 bridgehead atoms. The van der Waals surface area contributed by atoms with E-state index in [-0.39, 0.29) is 5.82 Å². The van der Waals surface area contributed by atoms with Gasteiger partial charge in [0.2, 0.25) is 0 Å². The van der Waals surface area contributed by atoms with Crippen LogP contribution in [-0.2, 0) is 6.42 Å². The third-order valence-corrected chi connectivity index (χ3v) is 2.56. The van der Waals surface area contributed by atoms with Gasteiger partial charge in [-0.15, -0.1) is 0 Å². The maximum Gasteiger partial charge on any atom is 0.137 e. The third kappa shape index (κ3) is 2.02. The van der Waals surface area contributed by atoms with Crippen LogP contribution in [0.4, 0.5) is 4.39 Å². The summed E-state index contributed by atoms with van der Waals surface area (Å²) >= 11 is 0. The van der Waals surface area contributed by atoms with E-state index >= 15 is 0 Å². The summed E-state index contributed by atoms with van der Waals surface area (Å²) in [6.07, 6.45) is 0.768. The van der Waals surface area contributed by atoms with Crippen molar-refractivity contribution in [2.24, 2.45) is 0 Å². The molecule has 2 aromatic rings. The summed E-state index contributed by atoms with van der Waals surface area (Å²) < 4.78 is 18.9. The van der Waals surface area contributed by atoms with Gasteiger partial charge in [-0.05, 0) is 32.2 Å². The summed E-state index contributed by atoms with van der Waals surface area (Å²) in [5.41, 5.74) is 0.619. The fraction of sp³-hybridized carbons (Fsp3) is 0.333. The van der Waals surface area contributed by atoms with Gasteiger partial charge in [0.1, 0.15) is 17.2 Å². The quantitative estimate of drug-likeness (QED) is 0.837. The van der Waals surface area contributed by atoms with E-state index in [1.165, 1.54) is 6.07 Å². The molecule has 0 amide bonds.